The Morgan fingerprint density at radius 2 is 1.90 bits per heavy atom. The van der Waals surface area contributed by atoms with E-state index in [1.807, 2.05) is 30.3 Å². The van der Waals surface area contributed by atoms with Gasteiger partial charge in [-0.3, -0.25) is 20.2 Å². The number of para-hydroxylation sites is 2. The molecule has 0 aliphatic carbocycles. The van der Waals surface area contributed by atoms with Crippen LogP contribution in [0, 0.1) is 17.0 Å². The number of hydrogen-bond acceptors (Lipinski definition) is 9. The molecule has 10 nitrogen and oxygen atoms in total. The zero-order chi connectivity index (χ0) is 21.8. The molecule has 0 unspecified atom stereocenters. The van der Waals surface area contributed by atoms with Gasteiger partial charge < -0.3 is 9.26 Å². The summed E-state index contributed by atoms with van der Waals surface area (Å²) in [6.45, 7) is 1.36. The van der Waals surface area contributed by atoms with Gasteiger partial charge in [0.25, 0.3) is 11.8 Å². The first-order valence-corrected chi connectivity index (χ1v) is 9.86. The Kier molecular flexibility index (Phi) is 5.67. The fraction of sp³-hybridized carbons (Fsp3) is 0.100. The van der Waals surface area contributed by atoms with Crippen molar-refractivity contribution in [1.82, 2.24) is 15.1 Å². The van der Waals surface area contributed by atoms with Gasteiger partial charge >= 0.3 is 5.69 Å². The van der Waals surface area contributed by atoms with E-state index in [1.54, 1.807) is 13.0 Å². The number of nitro benzene ring substituents is 1. The fourth-order valence-electron chi connectivity index (χ4n) is 2.70. The van der Waals surface area contributed by atoms with Crippen LogP contribution >= 0.6 is 11.3 Å². The van der Waals surface area contributed by atoms with Crippen LogP contribution in [0.1, 0.15) is 5.69 Å². The van der Waals surface area contributed by atoms with Crippen molar-refractivity contribution in [3.8, 4) is 27.9 Å². The molecule has 2 aromatic carbocycles. The zero-order valence-corrected chi connectivity index (χ0v) is 17.0. The first kappa shape index (κ1) is 20.2. The molecular formula is C20H15N5O5S. The third-order valence-electron chi connectivity index (χ3n) is 4.12. The highest BCUT2D eigenvalue weighted by atomic mass is 32.1. The molecule has 0 spiro atoms. The first-order valence-electron chi connectivity index (χ1n) is 9.04. The van der Waals surface area contributed by atoms with Crippen LogP contribution < -0.4 is 10.1 Å². The van der Waals surface area contributed by atoms with E-state index in [0.29, 0.717) is 27.4 Å². The molecule has 0 aliphatic heterocycles. The van der Waals surface area contributed by atoms with Crippen molar-refractivity contribution in [2.75, 3.05) is 11.9 Å². The Bertz CT molecular complexity index is 1240. The summed E-state index contributed by atoms with van der Waals surface area (Å²) in [5.74, 6) is 0.254. The average Bonchev–Trinajstić information content (AvgIpc) is 3.39. The fourth-order valence-corrected chi connectivity index (χ4v) is 3.60. The van der Waals surface area contributed by atoms with Gasteiger partial charge in [0, 0.05) is 11.6 Å². The lowest BCUT2D eigenvalue weighted by Gasteiger charge is -2.06. The first-order chi connectivity index (χ1) is 15.0. The van der Waals surface area contributed by atoms with Crippen LogP contribution in [0.3, 0.4) is 0 Å². The maximum Gasteiger partial charge on any atom is 0.310 e. The van der Waals surface area contributed by atoms with E-state index >= 15 is 0 Å². The number of aryl methyl sites for hydroxylation is 1. The van der Waals surface area contributed by atoms with Crippen molar-refractivity contribution in [2.24, 2.45) is 0 Å². The van der Waals surface area contributed by atoms with Gasteiger partial charge in [-0.05, 0) is 13.0 Å². The minimum absolute atomic E-state index is 0.0120. The van der Waals surface area contributed by atoms with Gasteiger partial charge in [0.1, 0.15) is 4.88 Å². The molecular weight excluding hydrogens is 422 g/mol. The van der Waals surface area contributed by atoms with Gasteiger partial charge in [-0.2, -0.15) is 4.98 Å². The average molecular weight is 437 g/mol. The summed E-state index contributed by atoms with van der Waals surface area (Å²) in [4.78, 5) is 32.0. The molecule has 31 heavy (non-hydrogen) atoms. The van der Waals surface area contributed by atoms with Gasteiger partial charge in [0.05, 0.1) is 10.6 Å². The molecule has 0 fully saturated rings. The normalized spacial score (nSPS) is 10.6. The standard InChI is InChI=1S/C20H15N5O5S/c1-12-17(19-23-18(24-30-19)13-7-3-2-4-8-13)31-20(21-12)22-16(26)11-29-15-10-6-5-9-14(15)25(27)28/h2-10H,11H2,1H3,(H,21,22,26). The van der Waals surface area contributed by atoms with Gasteiger partial charge in [-0.25, -0.2) is 4.98 Å². The third kappa shape index (κ3) is 4.56. The molecule has 156 valence electrons. The number of benzene rings is 2. The summed E-state index contributed by atoms with van der Waals surface area (Å²) in [5.41, 5.74) is 1.22. The molecule has 4 rings (SSSR count). The van der Waals surface area contributed by atoms with Crippen molar-refractivity contribution in [2.45, 2.75) is 6.92 Å². The quantitative estimate of drug-likeness (QED) is 0.337. The lowest BCUT2D eigenvalue weighted by molar-refractivity contribution is -0.385. The van der Waals surface area contributed by atoms with Crippen molar-refractivity contribution in [3.05, 3.63) is 70.4 Å². The molecule has 0 atom stereocenters. The van der Waals surface area contributed by atoms with Crippen molar-refractivity contribution < 1.29 is 19.0 Å². The lowest BCUT2D eigenvalue weighted by Crippen LogP contribution is -2.20. The van der Waals surface area contributed by atoms with Gasteiger partial charge in [-0.1, -0.05) is 59.0 Å². The number of rotatable bonds is 7. The molecule has 2 aromatic heterocycles. The predicted octanol–water partition coefficient (Wildman–Crippen LogP) is 4.09. The number of carbonyl (C=O) groups is 1. The van der Waals surface area contributed by atoms with Crippen LogP contribution in [0.5, 0.6) is 5.75 Å². The zero-order valence-electron chi connectivity index (χ0n) is 16.1. The van der Waals surface area contributed by atoms with Gasteiger partial charge in [0.2, 0.25) is 5.82 Å². The Labute approximate surface area is 179 Å². The minimum Gasteiger partial charge on any atom is -0.477 e. The molecule has 0 radical (unpaired) electrons. The molecule has 1 amide bonds. The van der Waals surface area contributed by atoms with Crippen molar-refractivity contribution in [3.63, 3.8) is 0 Å². The summed E-state index contributed by atoms with van der Waals surface area (Å²) < 4.78 is 10.6. The Morgan fingerprint density at radius 1 is 1.16 bits per heavy atom. The molecule has 1 N–H and O–H groups in total. The van der Waals surface area contributed by atoms with Crippen LogP contribution in [0.15, 0.2) is 59.1 Å². The summed E-state index contributed by atoms with van der Waals surface area (Å²) in [6.07, 6.45) is 0. The Morgan fingerprint density at radius 3 is 2.68 bits per heavy atom. The summed E-state index contributed by atoms with van der Waals surface area (Å²) in [5, 5.41) is 17.9. The third-order valence-corrected chi connectivity index (χ3v) is 5.18. The lowest BCUT2D eigenvalue weighted by atomic mass is 10.2. The highest BCUT2D eigenvalue weighted by Crippen LogP contribution is 2.33. The smallest absolute Gasteiger partial charge is 0.310 e. The molecule has 11 heteroatoms. The number of ether oxygens (including phenoxy) is 1. The second-order valence-electron chi connectivity index (χ2n) is 6.28. The van der Waals surface area contributed by atoms with Gasteiger partial charge in [0.15, 0.2) is 17.5 Å². The molecule has 0 bridgehead atoms. The highest BCUT2D eigenvalue weighted by Gasteiger charge is 2.19. The topological polar surface area (TPSA) is 133 Å². The van der Waals surface area contributed by atoms with Crippen LogP contribution in [0.4, 0.5) is 10.8 Å². The van der Waals surface area contributed by atoms with E-state index in [0.717, 1.165) is 5.56 Å². The number of hydrogen-bond donors (Lipinski definition) is 1. The van der Waals surface area contributed by atoms with Gasteiger partial charge in [-0.15, -0.1) is 0 Å². The molecule has 0 aliphatic rings. The second-order valence-corrected chi connectivity index (χ2v) is 7.28. The van der Waals surface area contributed by atoms with Crippen molar-refractivity contribution in [1.29, 1.82) is 0 Å². The number of anilines is 1. The van der Waals surface area contributed by atoms with E-state index in [-0.39, 0.29) is 11.4 Å². The number of thiazole rings is 1. The summed E-state index contributed by atoms with van der Waals surface area (Å²) in [7, 11) is 0. The van der Waals surface area contributed by atoms with Crippen LogP contribution in [-0.2, 0) is 4.79 Å². The number of nitrogens with zero attached hydrogens (tertiary/aromatic N) is 4. The van der Waals surface area contributed by atoms with Crippen LogP contribution in [0.2, 0.25) is 0 Å². The number of nitro groups is 1. The Balaban J connectivity index is 1.43. The van der Waals surface area contributed by atoms with Crippen molar-refractivity contribution >= 4 is 28.1 Å². The molecule has 0 saturated carbocycles. The SMILES string of the molecule is Cc1nc(NC(=O)COc2ccccc2[N+](=O)[O-])sc1-c1nc(-c2ccccc2)no1. The highest BCUT2D eigenvalue weighted by molar-refractivity contribution is 7.19. The predicted molar refractivity (Wildman–Crippen MR) is 113 cm³/mol. The number of nitrogens with one attached hydrogen (secondary N) is 1. The van der Waals surface area contributed by atoms with Crippen LogP contribution in [-0.4, -0.2) is 32.6 Å². The largest absolute Gasteiger partial charge is 0.477 e. The summed E-state index contributed by atoms with van der Waals surface area (Å²) >= 11 is 1.18. The van der Waals surface area contributed by atoms with E-state index in [9.17, 15) is 14.9 Å². The minimum atomic E-state index is -0.572. The van der Waals surface area contributed by atoms with E-state index in [2.05, 4.69) is 20.4 Å². The maximum atomic E-state index is 12.2. The summed E-state index contributed by atoms with van der Waals surface area (Å²) in [6, 6.07) is 15.2. The van der Waals surface area contributed by atoms with E-state index in [1.165, 1.54) is 29.5 Å². The number of amides is 1. The Hall–Kier alpha value is -4.12. The van der Waals surface area contributed by atoms with E-state index < -0.39 is 17.4 Å². The number of carbonyl (C=O) groups excluding carboxylic acids is 1. The number of aromatic nitrogens is 3. The van der Waals surface area contributed by atoms with Crippen LogP contribution in [0.25, 0.3) is 22.2 Å². The molecule has 4 aromatic rings. The molecule has 2 heterocycles. The monoisotopic (exact) mass is 437 g/mol. The molecule has 0 saturated heterocycles. The second kappa shape index (κ2) is 8.71. The maximum absolute atomic E-state index is 12.2. The van der Waals surface area contributed by atoms with E-state index in [4.69, 9.17) is 9.26 Å².